The number of aryl methyl sites for hydroxylation is 1. The van der Waals surface area contributed by atoms with Crippen molar-refractivity contribution in [3.05, 3.63) is 45.4 Å². The molecular weight excluding hydrogens is 409 g/mol. The van der Waals surface area contributed by atoms with E-state index in [9.17, 15) is 9.59 Å². The Balaban J connectivity index is 1.64. The number of benzene rings is 2. The number of carbonyl (C=O) groups excluding carboxylic acids is 2. The first-order valence-electron chi connectivity index (χ1n) is 8.29. The van der Waals surface area contributed by atoms with E-state index in [0.717, 1.165) is 5.56 Å². The predicted molar refractivity (Wildman–Crippen MR) is 104 cm³/mol. The maximum atomic E-state index is 12.3. The normalized spacial score (nSPS) is 12.3. The van der Waals surface area contributed by atoms with Crippen LogP contribution in [0, 0.1) is 6.92 Å². The molecule has 0 spiro atoms. The fourth-order valence-corrected chi connectivity index (χ4v) is 2.98. The fraction of sp³-hybridized carbons (Fsp3) is 0.263. The minimum absolute atomic E-state index is 0.155. The van der Waals surface area contributed by atoms with Gasteiger partial charge in [-0.05, 0) is 30.7 Å². The first-order valence-corrected chi connectivity index (χ1v) is 9.05. The van der Waals surface area contributed by atoms with E-state index in [1.54, 1.807) is 19.1 Å². The number of ether oxygens (including phenoxy) is 4. The molecule has 0 bridgehead atoms. The number of carbonyl (C=O) groups is 2. The molecule has 1 amide bonds. The van der Waals surface area contributed by atoms with Crippen molar-refractivity contribution in [2.24, 2.45) is 0 Å². The molecule has 1 aliphatic heterocycles. The molecule has 0 aliphatic carbocycles. The number of fused-ring (bicyclic) bond motifs is 1. The van der Waals surface area contributed by atoms with Crippen molar-refractivity contribution in [3.63, 3.8) is 0 Å². The number of anilines is 1. The molecule has 9 heteroatoms. The second kappa shape index (κ2) is 8.58. The smallest absolute Gasteiger partial charge is 0.338 e. The van der Waals surface area contributed by atoms with Crippen LogP contribution < -0.4 is 19.5 Å². The van der Waals surface area contributed by atoms with Gasteiger partial charge in [-0.2, -0.15) is 0 Å². The molecule has 0 saturated heterocycles. The molecule has 0 atom stereocenters. The molecule has 2 aromatic rings. The van der Waals surface area contributed by atoms with Crippen molar-refractivity contribution >= 4 is 40.8 Å². The summed E-state index contributed by atoms with van der Waals surface area (Å²) in [6.07, 6.45) is 0. The summed E-state index contributed by atoms with van der Waals surface area (Å²) in [5, 5.41) is 3.37. The Hall–Kier alpha value is -2.64. The van der Waals surface area contributed by atoms with Crippen LogP contribution in [-0.4, -0.2) is 38.8 Å². The van der Waals surface area contributed by atoms with E-state index in [1.165, 1.54) is 19.2 Å². The molecule has 1 heterocycles. The van der Waals surface area contributed by atoms with Crippen LogP contribution >= 0.6 is 23.2 Å². The second-order valence-electron chi connectivity index (χ2n) is 5.91. The second-order valence-corrected chi connectivity index (χ2v) is 6.72. The molecule has 2 aromatic carbocycles. The lowest BCUT2D eigenvalue weighted by atomic mass is 10.2. The lowest BCUT2D eigenvalue weighted by molar-refractivity contribution is -0.119. The van der Waals surface area contributed by atoms with Gasteiger partial charge in [-0.1, -0.05) is 23.2 Å². The summed E-state index contributed by atoms with van der Waals surface area (Å²) >= 11 is 12.1. The highest BCUT2D eigenvalue weighted by Crippen LogP contribution is 2.38. The molecule has 0 radical (unpaired) electrons. The molecule has 0 saturated carbocycles. The van der Waals surface area contributed by atoms with Crippen LogP contribution in [0.25, 0.3) is 0 Å². The lowest BCUT2D eigenvalue weighted by Crippen LogP contribution is -2.21. The first-order chi connectivity index (χ1) is 13.4. The number of rotatable bonds is 5. The molecule has 0 aromatic heterocycles. The van der Waals surface area contributed by atoms with Crippen molar-refractivity contribution in [1.82, 2.24) is 0 Å². The summed E-state index contributed by atoms with van der Waals surface area (Å²) in [6.45, 7) is 2.04. The van der Waals surface area contributed by atoms with Gasteiger partial charge in [-0.3, -0.25) is 4.79 Å². The van der Waals surface area contributed by atoms with Crippen LogP contribution in [0.15, 0.2) is 24.3 Å². The summed E-state index contributed by atoms with van der Waals surface area (Å²) in [7, 11) is 1.46. The lowest BCUT2D eigenvalue weighted by Gasteiger charge is -2.20. The number of hydrogen-bond donors (Lipinski definition) is 1. The maximum absolute atomic E-state index is 12.3. The molecule has 28 heavy (non-hydrogen) atoms. The number of methoxy groups -OCH3 is 1. The van der Waals surface area contributed by atoms with Gasteiger partial charge in [-0.25, -0.2) is 4.79 Å². The van der Waals surface area contributed by atoms with Crippen LogP contribution in [0.4, 0.5) is 5.69 Å². The molecule has 1 aliphatic rings. The zero-order valence-corrected chi connectivity index (χ0v) is 16.6. The molecule has 0 fully saturated rings. The monoisotopic (exact) mass is 425 g/mol. The van der Waals surface area contributed by atoms with Crippen LogP contribution in [0.2, 0.25) is 10.0 Å². The van der Waals surface area contributed by atoms with Gasteiger partial charge in [0.15, 0.2) is 18.1 Å². The number of hydrogen-bond acceptors (Lipinski definition) is 6. The Kier molecular flexibility index (Phi) is 6.16. The maximum Gasteiger partial charge on any atom is 0.338 e. The molecule has 1 N–H and O–H groups in total. The van der Waals surface area contributed by atoms with E-state index in [2.05, 4.69) is 5.32 Å². The average molecular weight is 426 g/mol. The standard InChI is InChI=1S/C19H17Cl2NO6/c1-10-5-14(15(25-2)8-12(10)20)22-17(23)9-28-19(24)11-6-13(21)18-16(7-11)26-3-4-27-18/h5-8H,3-4,9H2,1-2H3,(H,22,23). The summed E-state index contributed by atoms with van der Waals surface area (Å²) in [5.74, 6) is -0.108. The zero-order chi connectivity index (χ0) is 20.3. The number of nitrogens with one attached hydrogen (secondary N) is 1. The Morgan fingerprint density at radius 3 is 2.61 bits per heavy atom. The summed E-state index contributed by atoms with van der Waals surface area (Å²) < 4.78 is 21.1. The van der Waals surface area contributed by atoms with Crippen molar-refractivity contribution in [3.8, 4) is 17.2 Å². The van der Waals surface area contributed by atoms with E-state index in [1.807, 2.05) is 0 Å². The highest BCUT2D eigenvalue weighted by atomic mass is 35.5. The topological polar surface area (TPSA) is 83.1 Å². The third-order valence-electron chi connectivity index (χ3n) is 3.92. The zero-order valence-electron chi connectivity index (χ0n) is 15.1. The van der Waals surface area contributed by atoms with Gasteiger partial charge in [0.05, 0.1) is 23.4 Å². The first kappa shape index (κ1) is 20.1. The van der Waals surface area contributed by atoms with E-state index in [-0.39, 0.29) is 10.6 Å². The summed E-state index contributed by atoms with van der Waals surface area (Å²) in [4.78, 5) is 24.4. The number of halogens is 2. The van der Waals surface area contributed by atoms with E-state index < -0.39 is 18.5 Å². The molecule has 0 unspecified atom stereocenters. The highest BCUT2D eigenvalue weighted by Gasteiger charge is 2.20. The largest absolute Gasteiger partial charge is 0.495 e. The third-order valence-corrected chi connectivity index (χ3v) is 4.61. The van der Waals surface area contributed by atoms with Crippen molar-refractivity contribution in [1.29, 1.82) is 0 Å². The molecule has 7 nitrogen and oxygen atoms in total. The van der Waals surface area contributed by atoms with Gasteiger partial charge in [0, 0.05) is 11.1 Å². The van der Waals surface area contributed by atoms with Crippen LogP contribution in [0.5, 0.6) is 17.2 Å². The van der Waals surface area contributed by atoms with E-state index in [0.29, 0.717) is 41.2 Å². The van der Waals surface area contributed by atoms with Crippen LogP contribution in [-0.2, 0) is 9.53 Å². The van der Waals surface area contributed by atoms with Crippen molar-refractivity contribution in [2.45, 2.75) is 6.92 Å². The quantitative estimate of drug-likeness (QED) is 0.731. The van der Waals surface area contributed by atoms with E-state index >= 15 is 0 Å². The molecular formula is C19H17Cl2NO6. The predicted octanol–water partition coefficient (Wildman–Crippen LogP) is 3.88. The minimum atomic E-state index is -0.715. The third kappa shape index (κ3) is 4.43. The number of esters is 1. The van der Waals surface area contributed by atoms with Gasteiger partial charge in [0.2, 0.25) is 0 Å². The van der Waals surface area contributed by atoms with Gasteiger partial charge < -0.3 is 24.3 Å². The van der Waals surface area contributed by atoms with Crippen LogP contribution in [0.3, 0.4) is 0 Å². The van der Waals surface area contributed by atoms with Gasteiger partial charge >= 0.3 is 5.97 Å². The van der Waals surface area contributed by atoms with Gasteiger partial charge in [0.25, 0.3) is 5.91 Å². The number of amides is 1. The van der Waals surface area contributed by atoms with Crippen LogP contribution in [0.1, 0.15) is 15.9 Å². The molecule has 3 rings (SSSR count). The van der Waals surface area contributed by atoms with Crippen molar-refractivity contribution in [2.75, 3.05) is 32.2 Å². The Morgan fingerprint density at radius 1 is 1.11 bits per heavy atom. The average Bonchev–Trinajstić information content (AvgIpc) is 2.68. The summed E-state index contributed by atoms with van der Waals surface area (Å²) in [6, 6.07) is 6.13. The summed E-state index contributed by atoms with van der Waals surface area (Å²) in [5.41, 5.74) is 1.34. The van der Waals surface area contributed by atoms with E-state index in [4.69, 9.17) is 42.1 Å². The highest BCUT2D eigenvalue weighted by molar-refractivity contribution is 6.32. The SMILES string of the molecule is COc1cc(Cl)c(C)cc1NC(=O)COC(=O)c1cc(Cl)c2c(c1)OCCO2. The molecule has 148 valence electrons. The van der Waals surface area contributed by atoms with Crippen molar-refractivity contribution < 1.29 is 28.5 Å². The Morgan fingerprint density at radius 2 is 1.86 bits per heavy atom. The minimum Gasteiger partial charge on any atom is -0.495 e. The van der Waals surface area contributed by atoms with Gasteiger partial charge in [-0.15, -0.1) is 0 Å². The Bertz CT molecular complexity index is 931. The Labute approximate surface area is 171 Å². The van der Waals surface area contributed by atoms with Gasteiger partial charge in [0.1, 0.15) is 19.0 Å². The fourth-order valence-electron chi connectivity index (χ4n) is 2.56.